The molecule has 4 aromatic carbocycles. The van der Waals surface area contributed by atoms with Crippen LogP contribution in [0.1, 0.15) is 21.2 Å². The molecular formula is C27H20FIN2O2S. The highest BCUT2D eigenvalue weighted by Gasteiger charge is 2.22. The van der Waals surface area contributed by atoms with Crippen LogP contribution in [0.2, 0.25) is 0 Å². The van der Waals surface area contributed by atoms with E-state index in [1.54, 1.807) is 12.1 Å². The van der Waals surface area contributed by atoms with Crippen LogP contribution in [0.4, 0.5) is 15.8 Å². The van der Waals surface area contributed by atoms with E-state index < -0.39 is 11.1 Å². The number of hydrogen-bond donors (Lipinski definition) is 2. The van der Waals surface area contributed by atoms with Gasteiger partial charge in [-0.25, -0.2) is 4.39 Å². The van der Waals surface area contributed by atoms with Gasteiger partial charge in [0, 0.05) is 25.4 Å². The van der Waals surface area contributed by atoms with Crippen molar-refractivity contribution in [2.24, 2.45) is 0 Å². The van der Waals surface area contributed by atoms with Crippen molar-refractivity contribution in [3.63, 3.8) is 0 Å². The van der Waals surface area contributed by atoms with Crippen molar-refractivity contribution in [2.45, 2.75) is 10.1 Å². The van der Waals surface area contributed by atoms with Gasteiger partial charge in [0.1, 0.15) is 11.1 Å². The minimum absolute atomic E-state index is 0.119. The number of benzene rings is 4. The molecule has 0 saturated carbocycles. The zero-order valence-electron chi connectivity index (χ0n) is 17.9. The van der Waals surface area contributed by atoms with Gasteiger partial charge in [0.05, 0.1) is 0 Å². The van der Waals surface area contributed by atoms with Crippen LogP contribution in [0.25, 0.3) is 0 Å². The third-order valence-corrected chi connectivity index (χ3v) is 6.91. The fourth-order valence-corrected chi connectivity index (χ4v) is 4.58. The van der Waals surface area contributed by atoms with Gasteiger partial charge in [0.25, 0.3) is 5.91 Å². The van der Waals surface area contributed by atoms with Crippen LogP contribution in [-0.2, 0) is 4.79 Å². The lowest BCUT2D eigenvalue weighted by molar-refractivity contribution is -0.115. The lowest BCUT2D eigenvalue weighted by Gasteiger charge is -2.17. The van der Waals surface area contributed by atoms with Crippen molar-refractivity contribution >= 4 is 57.5 Å². The molecule has 0 aliphatic heterocycles. The van der Waals surface area contributed by atoms with Crippen molar-refractivity contribution in [3.8, 4) is 0 Å². The third kappa shape index (κ3) is 6.45. The van der Waals surface area contributed by atoms with Gasteiger partial charge in [-0.2, -0.15) is 0 Å². The summed E-state index contributed by atoms with van der Waals surface area (Å²) in [5.74, 6) is -0.831. The van der Waals surface area contributed by atoms with Gasteiger partial charge < -0.3 is 10.6 Å². The second kappa shape index (κ2) is 11.3. The van der Waals surface area contributed by atoms with Crippen LogP contribution < -0.4 is 10.6 Å². The number of thioether (sulfide) groups is 1. The predicted molar refractivity (Wildman–Crippen MR) is 144 cm³/mol. The van der Waals surface area contributed by atoms with E-state index in [-0.39, 0.29) is 11.8 Å². The Kier molecular flexibility index (Phi) is 7.97. The fraction of sp³-hybridized carbons (Fsp3) is 0.0370. The maximum Gasteiger partial charge on any atom is 0.255 e. The van der Waals surface area contributed by atoms with Crippen LogP contribution >= 0.6 is 34.4 Å². The lowest BCUT2D eigenvalue weighted by Crippen LogP contribution is -2.19. The van der Waals surface area contributed by atoms with Crippen molar-refractivity contribution in [3.05, 3.63) is 124 Å². The first-order valence-electron chi connectivity index (χ1n) is 10.4. The molecule has 0 bridgehead atoms. The average molecular weight is 582 g/mol. The molecule has 0 spiro atoms. The van der Waals surface area contributed by atoms with E-state index in [0.29, 0.717) is 11.3 Å². The Hall–Kier alpha value is -3.17. The third-order valence-electron chi connectivity index (χ3n) is 4.92. The summed E-state index contributed by atoms with van der Waals surface area (Å²) in [6.45, 7) is 0. The Labute approximate surface area is 215 Å². The van der Waals surface area contributed by atoms with E-state index >= 15 is 0 Å². The SMILES string of the molecule is O=C(Nc1ccc(SC(C(=O)Nc2ccc(I)cc2)c2ccccc2)cc1)c1ccc(F)cc1. The van der Waals surface area contributed by atoms with Gasteiger partial charge in [-0.3, -0.25) is 9.59 Å². The first-order chi connectivity index (χ1) is 16.5. The normalized spacial score (nSPS) is 11.5. The molecule has 0 heterocycles. The summed E-state index contributed by atoms with van der Waals surface area (Å²) < 4.78 is 14.2. The van der Waals surface area contributed by atoms with E-state index in [9.17, 15) is 14.0 Å². The molecule has 1 atom stereocenters. The van der Waals surface area contributed by atoms with Crippen molar-refractivity contribution in [1.82, 2.24) is 0 Å². The smallest absolute Gasteiger partial charge is 0.255 e. The van der Waals surface area contributed by atoms with E-state index in [0.717, 1.165) is 19.7 Å². The Morgan fingerprint density at radius 1 is 0.735 bits per heavy atom. The first kappa shape index (κ1) is 24.0. The Morgan fingerprint density at radius 3 is 1.97 bits per heavy atom. The minimum atomic E-state index is -0.458. The molecule has 0 radical (unpaired) electrons. The molecule has 170 valence electrons. The summed E-state index contributed by atoms with van der Waals surface area (Å²) in [5, 5.41) is 5.34. The molecule has 0 fully saturated rings. The predicted octanol–water partition coefficient (Wildman–Crippen LogP) is 7.15. The van der Waals surface area contributed by atoms with Crippen LogP contribution in [0.5, 0.6) is 0 Å². The molecular weight excluding hydrogens is 562 g/mol. The van der Waals surface area contributed by atoms with Gasteiger partial charge in [0.2, 0.25) is 5.91 Å². The quantitative estimate of drug-likeness (QED) is 0.180. The molecule has 7 heteroatoms. The molecule has 2 amide bonds. The van der Waals surface area contributed by atoms with E-state index in [2.05, 4.69) is 33.2 Å². The molecule has 1 unspecified atom stereocenters. The molecule has 0 aliphatic carbocycles. The topological polar surface area (TPSA) is 58.2 Å². The largest absolute Gasteiger partial charge is 0.325 e. The number of carbonyl (C=O) groups excluding carboxylic acids is 2. The van der Waals surface area contributed by atoms with Crippen LogP contribution in [0.3, 0.4) is 0 Å². The van der Waals surface area contributed by atoms with Crippen LogP contribution in [-0.4, -0.2) is 11.8 Å². The number of carbonyl (C=O) groups is 2. The molecule has 4 rings (SSSR count). The number of halogens is 2. The summed E-state index contributed by atoms with van der Waals surface area (Å²) in [7, 11) is 0. The van der Waals surface area contributed by atoms with Crippen LogP contribution in [0.15, 0.2) is 108 Å². The van der Waals surface area contributed by atoms with Gasteiger partial charge >= 0.3 is 0 Å². The number of nitrogens with one attached hydrogen (secondary N) is 2. The van der Waals surface area contributed by atoms with Gasteiger partial charge in [0.15, 0.2) is 0 Å². The first-order valence-corrected chi connectivity index (χ1v) is 12.4. The van der Waals surface area contributed by atoms with Crippen LogP contribution in [0, 0.1) is 9.39 Å². The summed E-state index contributed by atoms with van der Waals surface area (Å²) in [6, 6.07) is 29.9. The van der Waals surface area contributed by atoms with E-state index in [4.69, 9.17) is 0 Å². The molecule has 34 heavy (non-hydrogen) atoms. The summed E-state index contributed by atoms with van der Waals surface area (Å²) in [4.78, 5) is 26.4. The number of hydrogen-bond acceptors (Lipinski definition) is 3. The zero-order chi connectivity index (χ0) is 23.9. The van der Waals surface area contributed by atoms with Crippen molar-refractivity contribution in [1.29, 1.82) is 0 Å². The highest BCUT2D eigenvalue weighted by molar-refractivity contribution is 14.1. The highest BCUT2D eigenvalue weighted by Crippen LogP contribution is 2.36. The second-order valence-electron chi connectivity index (χ2n) is 7.39. The van der Waals surface area contributed by atoms with Gasteiger partial charge in [-0.05, 0) is 101 Å². The number of amides is 2. The van der Waals surface area contributed by atoms with E-state index in [1.165, 1.54) is 36.0 Å². The maximum absolute atomic E-state index is 13.2. The number of anilines is 2. The molecule has 4 nitrogen and oxygen atoms in total. The second-order valence-corrected chi connectivity index (χ2v) is 9.81. The Bertz CT molecular complexity index is 1270. The molecule has 0 saturated heterocycles. The average Bonchev–Trinajstić information content (AvgIpc) is 2.86. The monoisotopic (exact) mass is 582 g/mol. The summed E-state index contributed by atoms with van der Waals surface area (Å²) in [6.07, 6.45) is 0. The molecule has 0 aliphatic rings. The summed E-state index contributed by atoms with van der Waals surface area (Å²) in [5.41, 5.74) is 2.62. The zero-order valence-corrected chi connectivity index (χ0v) is 20.8. The Balaban J connectivity index is 1.47. The fourth-order valence-electron chi connectivity index (χ4n) is 3.20. The molecule has 4 aromatic rings. The lowest BCUT2D eigenvalue weighted by atomic mass is 10.1. The van der Waals surface area contributed by atoms with Gasteiger partial charge in [-0.15, -0.1) is 11.8 Å². The standard InChI is InChI=1S/C27H20FIN2O2S/c28-20-8-6-19(7-9-20)26(32)30-23-14-16-24(17-15-23)34-25(18-4-2-1-3-5-18)27(33)31-22-12-10-21(29)11-13-22/h1-17,25H,(H,30,32)(H,31,33). The minimum Gasteiger partial charge on any atom is -0.325 e. The van der Waals surface area contributed by atoms with Gasteiger partial charge in [-0.1, -0.05) is 30.3 Å². The Morgan fingerprint density at radius 2 is 1.32 bits per heavy atom. The maximum atomic E-state index is 13.2. The highest BCUT2D eigenvalue weighted by atomic mass is 127. The van der Waals surface area contributed by atoms with Crippen molar-refractivity contribution < 1.29 is 14.0 Å². The van der Waals surface area contributed by atoms with E-state index in [1.807, 2.05) is 66.7 Å². The number of rotatable bonds is 7. The molecule has 2 N–H and O–H groups in total. The summed E-state index contributed by atoms with van der Waals surface area (Å²) >= 11 is 3.65. The molecule has 0 aromatic heterocycles. The van der Waals surface area contributed by atoms with Crippen molar-refractivity contribution in [2.75, 3.05) is 10.6 Å².